The molecule has 27 heavy (non-hydrogen) atoms. The normalized spacial score (nSPS) is 13.9. The molecule has 0 spiro atoms. The van der Waals surface area contributed by atoms with Crippen molar-refractivity contribution in [3.05, 3.63) is 60.8 Å². The minimum absolute atomic E-state index is 0.319. The molecule has 3 aromatic rings. The van der Waals surface area contributed by atoms with Crippen LogP contribution in [0.25, 0.3) is 5.57 Å². The van der Waals surface area contributed by atoms with E-state index in [2.05, 4.69) is 36.8 Å². The monoisotopic (exact) mass is 360 g/mol. The van der Waals surface area contributed by atoms with Crippen LogP contribution in [0.1, 0.15) is 12.1 Å². The zero-order chi connectivity index (χ0) is 18.5. The first-order valence-electron chi connectivity index (χ1n) is 8.41. The van der Waals surface area contributed by atoms with Crippen molar-refractivity contribution in [2.75, 3.05) is 17.2 Å². The van der Waals surface area contributed by atoms with Crippen molar-refractivity contribution in [2.45, 2.75) is 13.0 Å². The van der Waals surface area contributed by atoms with Crippen LogP contribution in [0, 0.1) is 11.3 Å². The largest absolute Gasteiger partial charge is 0.437 e. The molecule has 0 bridgehead atoms. The topological polar surface area (TPSA) is 114 Å². The van der Waals surface area contributed by atoms with Gasteiger partial charge in [0.15, 0.2) is 5.75 Å². The van der Waals surface area contributed by atoms with E-state index >= 15 is 0 Å². The number of para-hydroxylation sites is 2. The Morgan fingerprint density at radius 1 is 1.30 bits per heavy atom. The Hall–Kier alpha value is -3.93. The van der Waals surface area contributed by atoms with E-state index in [1.54, 1.807) is 23.3 Å². The summed E-state index contributed by atoms with van der Waals surface area (Å²) >= 11 is 0. The molecule has 0 saturated heterocycles. The van der Waals surface area contributed by atoms with Gasteiger partial charge in [0.25, 0.3) is 0 Å². The fraction of sp³-hybridized carbons (Fsp3) is 0.167. The van der Waals surface area contributed by atoms with Crippen molar-refractivity contribution in [1.82, 2.24) is 24.7 Å². The Kier molecular flexibility index (Phi) is 4.61. The van der Waals surface area contributed by atoms with Crippen LogP contribution >= 0.6 is 0 Å². The Bertz CT molecular complexity index is 979. The number of aryl methyl sites for hydroxylation is 1. The lowest BCUT2D eigenvalue weighted by molar-refractivity contribution is 0.460. The quantitative estimate of drug-likeness (QED) is 0.508. The third-order valence-electron chi connectivity index (χ3n) is 3.91. The number of fused-ring (bicyclic) bond motifs is 1. The fourth-order valence-corrected chi connectivity index (χ4v) is 2.63. The first kappa shape index (κ1) is 16.5. The van der Waals surface area contributed by atoms with Crippen LogP contribution in [0.4, 0.5) is 11.6 Å². The number of nitrogens with zero attached hydrogens (tertiary/aromatic N) is 6. The van der Waals surface area contributed by atoms with Gasteiger partial charge in [0.2, 0.25) is 11.8 Å². The van der Waals surface area contributed by atoms with E-state index in [0.29, 0.717) is 35.4 Å². The molecule has 9 nitrogen and oxygen atoms in total. The smallest absolute Gasteiger partial charge is 0.223 e. The number of nitrogens with one attached hydrogen (secondary N) is 2. The van der Waals surface area contributed by atoms with E-state index < -0.39 is 0 Å². The van der Waals surface area contributed by atoms with Gasteiger partial charge in [-0.25, -0.2) is 15.0 Å². The van der Waals surface area contributed by atoms with Crippen molar-refractivity contribution in [1.29, 1.82) is 5.26 Å². The maximum Gasteiger partial charge on any atom is 0.223 e. The van der Waals surface area contributed by atoms with Crippen molar-refractivity contribution in [3.8, 4) is 11.8 Å². The van der Waals surface area contributed by atoms with Gasteiger partial charge in [0, 0.05) is 19.3 Å². The lowest BCUT2D eigenvalue weighted by atomic mass is 10.2. The minimum atomic E-state index is 0.319. The van der Waals surface area contributed by atoms with Crippen LogP contribution in [-0.2, 0) is 6.54 Å². The van der Waals surface area contributed by atoms with E-state index in [1.807, 2.05) is 24.3 Å². The van der Waals surface area contributed by atoms with Gasteiger partial charge < -0.3 is 15.4 Å². The van der Waals surface area contributed by atoms with Gasteiger partial charge in [-0.2, -0.15) is 10.4 Å². The molecule has 3 heterocycles. The van der Waals surface area contributed by atoms with Crippen molar-refractivity contribution < 1.29 is 4.74 Å². The summed E-state index contributed by atoms with van der Waals surface area (Å²) in [5, 5.41) is 19.9. The van der Waals surface area contributed by atoms with Crippen LogP contribution in [-0.4, -0.2) is 31.3 Å². The number of ether oxygens (including phenoxy) is 1. The number of hydrogen-bond acceptors (Lipinski definition) is 8. The molecule has 0 fully saturated rings. The molecule has 2 aromatic heterocycles. The second-order valence-corrected chi connectivity index (χ2v) is 5.74. The predicted octanol–water partition coefficient (Wildman–Crippen LogP) is 2.27. The molecular weight excluding hydrogens is 344 g/mol. The first-order valence-corrected chi connectivity index (χ1v) is 8.41. The van der Waals surface area contributed by atoms with Crippen LogP contribution in [0.3, 0.4) is 0 Å². The number of rotatable bonds is 6. The summed E-state index contributed by atoms with van der Waals surface area (Å²) in [4.78, 5) is 12.5. The van der Waals surface area contributed by atoms with Crippen molar-refractivity contribution >= 4 is 17.2 Å². The van der Waals surface area contributed by atoms with E-state index in [9.17, 15) is 5.26 Å². The lowest BCUT2D eigenvalue weighted by Gasteiger charge is -2.07. The zero-order valence-electron chi connectivity index (χ0n) is 14.3. The number of nitriles is 1. The maximum absolute atomic E-state index is 9.61. The SMILES string of the molecule is N#CC(=C1Nc2ccccc2O1)c1ccnc(NCCCn2cncn2)n1. The molecule has 0 unspecified atom stereocenters. The molecular formula is C18H16N8O. The Morgan fingerprint density at radius 3 is 3.04 bits per heavy atom. The highest BCUT2D eigenvalue weighted by Gasteiger charge is 2.21. The molecule has 1 aliphatic heterocycles. The number of hydrogen-bond donors (Lipinski definition) is 2. The fourth-order valence-electron chi connectivity index (χ4n) is 2.63. The van der Waals surface area contributed by atoms with Crippen LogP contribution in [0.2, 0.25) is 0 Å². The summed E-state index contributed by atoms with van der Waals surface area (Å²) < 4.78 is 7.51. The van der Waals surface area contributed by atoms with Gasteiger partial charge in [0.1, 0.15) is 24.3 Å². The van der Waals surface area contributed by atoms with Gasteiger partial charge in [-0.15, -0.1) is 0 Å². The third-order valence-corrected chi connectivity index (χ3v) is 3.91. The summed E-state index contributed by atoms with van der Waals surface area (Å²) in [5.41, 5.74) is 1.63. The molecule has 0 amide bonds. The second kappa shape index (κ2) is 7.53. The lowest BCUT2D eigenvalue weighted by Crippen LogP contribution is -2.10. The third kappa shape index (κ3) is 3.69. The first-order chi connectivity index (χ1) is 13.3. The average molecular weight is 360 g/mol. The highest BCUT2D eigenvalue weighted by Crippen LogP contribution is 2.35. The molecule has 4 rings (SSSR count). The minimum Gasteiger partial charge on any atom is -0.437 e. The van der Waals surface area contributed by atoms with E-state index in [0.717, 1.165) is 18.7 Å². The Balaban J connectivity index is 1.45. The molecule has 2 N–H and O–H groups in total. The van der Waals surface area contributed by atoms with Crippen LogP contribution < -0.4 is 15.4 Å². The molecule has 0 aliphatic carbocycles. The molecule has 1 aromatic carbocycles. The molecule has 0 radical (unpaired) electrons. The van der Waals surface area contributed by atoms with Crippen molar-refractivity contribution in [2.24, 2.45) is 0 Å². The summed E-state index contributed by atoms with van der Waals surface area (Å²) in [6.45, 7) is 1.41. The summed E-state index contributed by atoms with van der Waals surface area (Å²) in [5.74, 6) is 1.50. The van der Waals surface area contributed by atoms with E-state index in [1.165, 1.54) is 6.33 Å². The molecule has 0 atom stereocenters. The van der Waals surface area contributed by atoms with Gasteiger partial charge in [-0.3, -0.25) is 4.68 Å². The highest BCUT2D eigenvalue weighted by atomic mass is 16.5. The Labute approximate surface area is 155 Å². The highest BCUT2D eigenvalue weighted by molar-refractivity contribution is 5.81. The standard InChI is InChI=1S/C18H16N8O/c19-10-13(17-24-15-4-1-2-5-16(15)27-17)14-6-8-22-18(25-14)21-7-3-9-26-12-20-11-23-26/h1-2,4-6,8,11-12,24H,3,7,9H2,(H,21,22,25). The predicted molar refractivity (Wildman–Crippen MR) is 98.4 cm³/mol. The molecule has 0 saturated carbocycles. The maximum atomic E-state index is 9.61. The number of benzene rings is 1. The zero-order valence-corrected chi connectivity index (χ0v) is 14.3. The Morgan fingerprint density at radius 2 is 2.22 bits per heavy atom. The number of anilines is 2. The van der Waals surface area contributed by atoms with Gasteiger partial charge in [-0.05, 0) is 24.6 Å². The summed E-state index contributed by atoms with van der Waals surface area (Å²) in [6.07, 6.45) is 5.63. The van der Waals surface area contributed by atoms with E-state index in [4.69, 9.17) is 4.74 Å². The molecule has 1 aliphatic rings. The van der Waals surface area contributed by atoms with E-state index in [-0.39, 0.29) is 0 Å². The average Bonchev–Trinajstić information content (AvgIpc) is 3.36. The van der Waals surface area contributed by atoms with Crippen LogP contribution in [0.15, 0.2) is 55.1 Å². The second-order valence-electron chi connectivity index (χ2n) is 5.74. The van der Waals surface area contributed by atoms with Gasteiger partial charge in [0.05, 0.1) is 11.4 Å². The van der Waals surface area contributed by atoms with Gasteiger partial charge >= 0.3 is 0 Å². The summed E-state index contributed by atoms with van der Waals surface area (Å²) in [7, 11) is 0. The van der Waals surface area contributed by atoms with Crippen LogP contribution in [0.5, 0.6) is 5.75 Å². The number of allylic oxidation sites excluding steroid dienone is 1. The molecule has 134 valence electrons. The van der Waals surface area contributed by atoms with Crippen molar-refractivity contribution in [3.63, 3.8) is 0 Å². The number of aromatic nitrogens is 5. The molecule has 9 heteroatoms. The van der Waals surface area contributed by atoms with Gasteiger partial charge in [-0.1, -0.05) is 12.1 Å². The summed E-state index contributed by atoms with van der Waals surface area (Å²) in [6, 6.07) is 11.3.